The Morgan fingerprint density at radius 1 is 1.24 bits per heavy atom. The van der Waals surface area contributed by atoms with Crippen molar-refractivity contribution < 1.29 is 15.4 Å². The van der Waals surface area contributed by atoms with Gasteiger partial charge >= 0.3 is 0 Å². The highest BCUT2D eigenvalue weighted by Gasteiger charge is 2.56. The van der Waals surface area contributed by atoms with Gasteiger partial charge < -0.3 is 15.5 Å². The molecule has 184 valence electrons. The third kappa shape index (κ3) is 4.22. The first-order valence-electron chi connectivity index (χ1n) is 13.5. The average molecular weight is 483 g/mol. The van der Waals surface area contributed by atoms with Crippen molar-refractivity contribution in [2.75, 3.05) is 26.2 Å². The highest BCUT2D eigenvalue weighted by Crippen LogP contribution is 2.44. The van der Waals surface area contributed by atoms with Crippen LogP contribution in [-0.2, 0) is 16.8 Å². The van der Waals surface area contributed by atoms with Crippen molar-refractivity contribution in [1.82, 2.24) is 9.88 Å². The number of piperidine rings is 1. The van der Waals surface area contributed by atoms with Crippen LogP contribution in [0.1, 0.15) is 73.0 Å². The topological polar surface area (TPSA) is 66.4 Å². The summed E-state index contributed by atoms with van der Waals surface area (Å²) in [6, 6.07) is 11.3. The van der Waals surface area contributed by atoms with E-state index in [1.165, 1.54) is 16.1 Å². The van der Waals surface area contributed by atoms with Gasteiger partial charge in [-0.05, 0) is 37.2 Å². The zero-order valence-electron chi connectivity index (χ0n) is 21.1. The Kier molecular flexibility index (Phi) is 7.10. The van der Waals surface area contributed by atoms with Gasteiger partial charge in [0.1, 0.15) is 18.2 Å². The number of carbonyl (C=O) groups excluding carboxylic acids is 1. The Hall–Kier alpha value is -1.76. The van der Waals surface area contributed by atoms with Gasteiger partial charge in [0.2, 0.25) is 5.91 Å². The highest BCUT2D eigenvalue weighted by atomic mass is 32.1. The van der Waals surface area contributed by atoms with Crippen LogP contribution < -0.4 is 10.6 Å². The third-order valence-electron chi connectivity index (χ3n) is 9.06. The summed E-state index contributed by atoms with van der Waals surface area (Å²) in [7, 11) is 0. The molecule has 1 amide bonds. The van der Waals surface area contributed by atoms with E-state index in [9.17, 15) is 4.79 Å². The van der Waals surface area contributed by atoms with Crippen LogP contribution in [0, 0.1) is 18.8 Å². The predicted octanol–water partition coefficient (Wildman–Crippen LogP) is 2.56. The second-order valence-electron chi connectivity index (χ2n) is 10.8. The average Bonchev–Trinajstić information content (AvgIpc) is 3.42. The number of fused-ring (bicyclic) bond motifs is 2. The second kappa shape index (κ2) is 10.1. The van der Waals surface area contributed by atoms with E-state index >= 15 is 0 Å². The number of nitrogens with two attached hydrogens (primary N) is 2. The van der Waals surface area contributed by atoms with Crippen LogP contribution in [-0.4, -0.2) is 48.0 Å². The first kappa shape index (κ1) is 24.0. The fourth-order valence-electron chi connectivity index (χ4n) is 7.23. The summed E-state index contributed by atoms with van der Waals surface area (Å²) in [5.41, 5.74) is 2.65. The number of hydrogen-bond donors (Lipinski definition) is 2. The molecule has 2 aromatic rings. The molecule has 0 aliphatic carbocycles. The number of quaternary nitrogens is 2. The van der Waals surface area contributed by atoms with Gasteiger partial charge in [-0.15, -0.1) is 11.3 Å². The minimum atomic E-state index is -0.0416. The van der Waals surface area contributed by atoms with E-state index < -0.39 is 0 Å². The van der Waals surface area contributed by atoms with E-state index in [0.29, 0.717) is 23.8 Å². The molecule has 2 fully saturated rings. The minimum absolute atomic E-state index is 0.0416. The maximum absolute atomic E-state index is 14.5. The SMILES string of the molecule is CCC(CC)[C@@H]1C[C@H](c2ccccc2)CCN1C(=O)[C@H]1C[NH2+]C[C@]12CC[NH2+]Cc1nc(C)sc12. The van der Waals surface area contributed by atoms with Crippen molar-refractivity contribution in [2.24, 2.45) is 11.8 Å². The van der Waals surface area contributed by atoms with E-state index in [1.807, 2.05) is 11.3 Å². The number of likely N-dealkylation sites (tertiary alicyclic amines) is 1. The molecule has 0 unspecified atom stereocenters. The number of aromatic nitrogens is 1. The monoisotopic (exact) mass is 482 g/mol. The predicted molar refractivity (Wildman–Crippen MR) is 137 cm³/mol. The maximum Gasteiger partial charge on any atom is 0.232 e. The summed E-state index contributed by atoms with van der Waals surface area (Å²) in [6.07, 6.45) is 5.55. The molecule has 0 bridgehead atoms. The molecule has 5 rings (SSSR count). The van der Waals surface area contributed by atoms with Crippen LogP contribution in [0.4, 0.5) is 0 Å². The summed E-state index contributed by atoms with van der Waals surface area (Å²) < 4.78 is 0. The van der Waals surface area contributed by atoms with E-state index in [4.69, 9.17) is 4.98 Å². The van der Waals surface area contributed by atoms with Gasteiger partial charge in [-0.1, -0.05) is 57.0 Å². The Balaban J connectivity index is 1.45. The van der Waals surface area contributed by atoms with Gasteiger partial charge in [-0.3, -0.25) is 4.79 Å². The van der Waals surface area contributed by atoms with Crippen LogP contribution >= 0.6 is 11.3 Å². The summed E-state index contributed by atoms with van der Waals surface area (Å²) in [6.45, 7) is 11.6. The Morgan fingerprint density at radius 2 is 2.03 bits per heavy atom. The Bertz CT molecular complexity index is 988. The van der Waals surface area contributed by atoms with Crippen LogP contribution in [0.2, 0.25) is 0 Å². The Morgan fingerprint density at radius 3 is 2.79 bits per heavy atom. The molecular formula is C28H42N4OS+2. The fraction of sp³-hybridized carbons (Fsp3) is 0.643. The van der Waals surface area contributed by atoms with Crippen molar-refractivity contribution in [3.8, 4) is 0 Å². The lowest BCUT2D eigenvalue weighted by Gasteiger charge is -2.45. The van der Waals surface area contributed by atoms with Gasteiger partial charge in [-0.2, -0.15) is 0 Å². The molecule has 2 saturated heterocycles. The normalized spacial score (nSPS) is 29.4. The molecule has 4 atom stereocenters. The molecule has 3 aliphatic rings. The molecule has 0 radical (unpaired) electrons. The lowest BCUT2D eigenvalue weighted by atomic mass is 9.72. The number of benzene rings is 1. The van der Waals surface area contributed by atoms with Gasteiger partial charge in [0, 0.05) is 23.9 Å². The van der Waals surface area contributed by atoms with Crippen molar-refractivity contribution in [2.45, 2.75) is 76.8 Å². The molecule has 4 N–H and O–H groups in total. The zero-order valence-corrected chi connectivity index (χ0v) is 21.9. The highest BCUT2D eigenvalue weighted by molar-refractivity contribution is 7.11. The summed E-state index contributed by atoms with van der Waals surface area (Å²) in [5, 5.41) is 5.96. The van der Waals surface area contributed by atoms with Crippen molar-refractivity contribution >= 4 is 17.2 Å². The third-order valence-corrected chi connectivity index (χ3v) is 10.3. The van der Waals surface area contributed by atoms with Crippen LogP contribution in [0.5, 0.6) is 0 Å². The van der Waals surface area contributed by atoms with E-state index in [2.05, 4.69) is 66.6 Å². The first-order valence-corrected chi connectivity index (χ1v) is 14.3. The Labute approximate surface area is 208 Å². The molecule has 1 aromatic carbocycles. The fourth-order valence-corrected chi connectivity index (χ4v) is 8.46. The smallest absolute Gasteiger partial charge is 0.232 e. The maximum atomic E-state index is 14.5. The van der Waals surface area contributed by atoms with E-state index in [1.54, 1.807) is 0 Å². The summed E-state index contributed by atoms with van der Waals surface area (Å²) >= 11 is 1.86. The lowest BCUT2D eigenvalue weighted by molar-refractivity contribution is -0.672. The van der Waals surface area contributed by atoms with E-state index in [0.717, 1.165) is 69.8 Å². The van der Waals surface area contributed by atoms with Crippen molar-refractivity contribution in [1.29, 1.82) is 0 Å². The standard InChI is InChI=1S/C28H40N4OS/c1-4-20(5-2)25-15-22(21-9-7-6-8-10-21)11-14-32(25)27(33)23-16-30-18-28(23)12-13-29-17-24-26(28)34-19(3)31-24/h6-10,20,22-23,25,29-30H,4-5,11-18H2,1-3H3/p+2/t22-,23-,25+,28-/m1/s1. The molecule has 0 saturated carbocycles. The number of aryl methyl sites for hydroxylation is 1. The van der Waals surface area contributed by atoms with Crippen molar-refractivity contribution in [3.05, 3.63) is 51.5 Å². The molecule has 6 heteroatoms. The molecule has 1 spiro atoms. The number of thiazole rings is 1. The van der Waals surface area contributed by atoms with Crippen LogP contribution in [0.3, 0.4) is 0 Å². The molecule has 1 aromatic heterocycles. The van der Waals surface area contributed by atoms with Crippen LogP contribution in [0.25, 0.3) is 0 Å². The van der Waals surface area contributed by atoms with Crippen molar-refractivity contribution in [3.63, 3.8) is 0 Å². The quantitative estimate of drug-likeness (QED) is 0.688. The largest absolute Gasteiger partial charge is 0.345 e. The molecule has 34 heavy (non-hydrogen) atoms. The van der Waals surface area contributed by atoms with Gasteiger partial charge in [0.15, 0.2) is 0 Å². The first-order chi connectivity index (χ1) is 16.6. The number of rotatable bonds is 5. The minimum Gasteiger partial charge on any atom is -0.345 e. The van der Waals surface area contributed by atoms with Gasteiger partial charge in [0.25, 0.3) is 0 Å². The summed E-state index contributed by atoms with van der Waals surface area (Å²) in [5.74, 6) is 1.63. The molecule has 3 aliphatic heterocycles. The number of carbonyl (C=O) groups is 1. The molecular weight excluding hydrogens is 440 g/mol. The summed E-state index contributed by atoms with van der Waals surface area (Å²) in [4.78, 5) is 23.1. The van der Waals surface area contributed by atoms with E-state index in [-0.39, 0.29) is 11.3 Å². The van der Waals surface area contributed by atoms with Gasteiger partial charge in [0.05, 0.1) is 30.1 Å². The number of nitrogens with zero attached hydrogens (tertiary/aromatic N) is 2. The molecule has 4 heterocycles. The van der Waals surface area contributed by atoms with Gasteiger partial charge in [-0.25, -0.2) is 4.98 Å². The number of hydrogen-bond acceptors (Lipinski definition) is 3. The number of amides is 1. The lowest BCUT2D eigenvalue weighted by Crippen LogP contribution is -2.83. The zero-order chi connectivity index (χ0) is 23.7. The second-order valence-corrected chi connectivity index (χ2v) is 12.0. The van der Waals surface area contributed by atoms with Crippen LogP contribution in [0.15, 0.2) is 30.3 Å². The molecule has 5 nitrogen and oxygen atoms in total.